The number of carboxylic acids is 1. The number of benzene rings is 1. The second-order valence-corrected chi connectivity index (χ2v) is 4.84. The second-order valence-electron chi connectivity index (χ2n) is 3.62. The lowest BCUT2D eigenvalue weighted by Gasteiger charge is -2.07. The summed E-state index contributed by atoms with van der Waals surface area (Å²) in [7, 11) is 0. The van der Waals surface area contributed by atoms with Gasteiger partial charge < -0.3 is 15.7 Å². The molecule has 0 aliphatic heterocycles. The molecular formula is C12H9ClN2O3S. The van der Waals surface area contributed by atoms with E-state index in [0.717, 1.165) is 0 Å². The summed E-state index contributed by atoms with van der Waals surface area (Å²) in [6, 6.07) is 5.41. The summed E-state index contributed by atoms with van der Waals surface area (Å²) in [5.41, 5.74) is 0.999. The zero-order valence-electron chi connectivity index (χ0n) is 9.51. The van der Waals surface area contributed by atoms with Crippen molar-refractivity contribution < 1.29 is 14.7 Å². The van der Waals surface area contributed by atoms with Gasteiger partial charge in [-0.3, -0.25) is 0 Å². The smallest absolute Gasteiger partial charge is 0.335 e. The molecule has 2 amide bonds. The number of aromatic carboxylic acids is 1. The van der Waals surface area contributed by atoms with Gasteiger partial charge in [-0.15, -0.1) is 0 Å². The summed E-state index contributed by atoms with van der Waals surface area (Å²) in [4.78, 5) is 22.5. The Labute approximate surface area is 117 Å². The van der Waals surface area contributed by atoms with Crippen molar-refractivity contribution >= 4 is 46.3 Å². The zero-order chi connectivity index (χ0) is 13.8. The van der Waals surface area contributed by atoms with Gasteiger partial charge in [0.15, 0.2) is 0 Å². The molecule has 7 heteroatoms. The normalized spacial score (nSPS) is 9.95. The largest absolute Gasteiger partial charge is 0.478 e. The van der Waals surface area contributed by atoms with E-state index in [0.29, 0.717) is 11.4 Å². The molecule has 1 heterocycles. The minimum atomic E-state index is -1.11. The Morgan fingerprint density at radius 1 is 1.16 bits per heavy atom. The average molecular weight is 297 g/mol. The minimum absolute atomic E-state index is 0.0123. The van der Waals surface area contributed by atoms with Crippen molar-refractivity contribution in [2.75, 3.05) is 10.6 Å². The van der Waals surface area contributed by atoms with Crippen LogP contribution in [0.3, 0.4) is 0 Å². The summed E-state index contributed by atoms with van der Waals surface area (Å²) in [6.45, 7) is 0. The van der Waals surface area contributed by atoms with Gasteiger partial charge in [0.2, 0.25) is 0 Å². The van der Waals surface area contributed by atoms with E-state index < -0.39 is 12.0 Å². The number of nitrogens with one attached hydrogen (secondary N) is 2. The van der Waals surface area contributed by atoms with Crippen LogP contribution in [0.5, 0.6) is 0 Å². The molecule has 5 nitrogen and oxygen atoms in total. The number of hydrogen-bond acceptors (Lipinski definition) is 3. The van der Waals surface area contributed by atoms with Crippen molar-refractivity contribution in [2.24, 2.45) is 0 Å². The van der Waals surface area contributed by atoms with Gasteiger partial charge in [0.25, 0.3) is 0 Å². The van der Waals surface area contributed by atoms with Crippen molar-refractivity contribution in [1.29, 1.82) is 0 Å². The standard InChI is InChI=1S/C12H9ClN2O3S/c13-8-3-7(11(16)17)4-10(5-8)15-12(18)14-9-1-2-19-6-9/h1-6H,(H,16,17)(H2,14,15,18). The van der Waals surface area contributed by atoms with Crippen molar-refractivity contribution in [2.45, 2.75) is 0 Å². The van der Waals surface area contributed by atoms with Gasteiger partial charge in [0.05, 0.1) is 11.3 Å². The first-order valence-electron chi connectivity index (χ1n) is 5.18. The molecular weight excluding hydrogens is 288 g/mol. The van der Waals surface area contributed by atoms with Gasteiger partial charge >= 0.3 is 12.0 Å². The predicted octanol–water partition coefficient (Wildman–Crippen LogP) is 3.74. The maximum Gasteiger partial charge on any atom is 0.335 e. The maximum absolute atomic E-state index is 11.7. The number of hydrogen-bond donors (Lipinski definition) is 3. The highest BCUT2D eigenvalue weighted by Crippen LogP contribution is 2.20. The monoisotopic (exact) mass is 296 g/mol. The Balaban J connectivity index is 2.10. The number of halogens is 1. The number of rotatable bonds is 3. The molecule has 0 radical (unpaired) electrons. The Kier molecular flexibility index (Phi) is 4.03. The van der Waals surface area contributed by atoms with Crippen LogP contribution in [0.4, 0.5) is 16.2 Å². The molecule has 19 heavy (non-hydrogen) atoms. The highest BCUT2D eigenvalue weighted by molar-refractivity contribution is 7.08. The first-order valence-corrected chi connectivity index (χ1v) is 6.51. The molecule has 1 aromatic heterocycles. The fraction of sp³-hybridized carbons (Fsp3) is 0. The average Bonchev–Trinajstić information content (AvgIpc) is 2.80. The Hall–Kier alpha value is -2.05. The van der Waals surface area contributed by atoms with Gasteiger partial charge in [-0.2, -0.15) is 11.3 Å². The third kappa shape index (κ3) is 3.70. The van der Waals surface area contributed by atoms with Crippen molar-refractivity contribution in [1.82, 2.24) is 0 Å². The molecule has 2 aromatic rings. The molecule has 98 valence electrons. The lowest BCUT2D eigenvalue weighted by Crippen LogP contribution is -2.19. The highest BCUT2D eigenvalue weighted by Gasteiger charge is 2.08. The van der Waals surface area contributed by atoms with Gasteiger partial charge in [-0.05, 0) is 29.6 Å². The lowest BCUT2D eigenvalue weighted by atomic mass is 10.2. The predicted molar refractivity (Wildman–Crippen MR) is 75.4 cm³/mol. The minimum Gasteiger partial charge on any atom is -0.478 e. The number of carboxylic acid groups (broad SMARTS) is 1. The fourth-order valence-corrected chi connectivity index (χ4v) is 2.24. The zero-order valence-corrected chi connectivity index (χ0v) is 11.1. The van der Waals surface area contributed by atoms with Crippen LogP contribution in [0.15, 0.2) is 35.0 Å². The van der Waals surface area contributed by atoms with Crippen molar-refractivity contribution in [3.63, 3.8) is 0 Å². The van der Waals surface area contributed by atoms with E-state index in [4.69, 9.17) is 16.7 Å². The van der Waals surface area contributed by atoms with Crippen molar-refractivity contribution in [3.05, 3.63) is 45.6 Å². The highest BCUT2D eigenvalue weighted by atomic mass is 35.5. The first-order chi connectivity index (χ1) is 9.04. The van der Waals surface area contributed by atoms with Crippen LogP contribution in [-0.4, -0.2) is 17.1 Å². The topological polar surface area (TPSA) is 78.4 Å². The summed E-state index contributed by atoms with van der Waals surface area (Å²) in [5.74, 6) is -1.11. The van der Waals surface area contributed by atoms with Gasteiger partial charge in [-0.1, -0.05) is 11.6 Å². The maximum atomic E-state index is 11.7. The molecule has 3 N–H and O–H groups in total. The quantitative estimate of drug-likeness (QED) is 0.807. The molecule has 0 aliphatic carbocycles. The number of thiophene rings is 1. The molecule has 0 saturated heterocycles. The molecule has 0 fully saturated rings. The van der Waals surface area contributed by atoms with Gasteiger partial charge in [-0.25, -0.2) is 9.59 Å². The van der Waals surface area contributed by atoms with E-state index in [2.05, 4.69) is 10.6 Å². The van der Waals surface area contributed by atoms with Crippen LogP contribution in [0, 0.1) is 0 Å². The Morgan fingerprint density at radius 3 is 2.53 bits per heavy atom. The van der Waals surface area contributed by atoms with E-state index in [1.54, 1.807) is 11.4 Å². The van der Waals surface area contributed by atoms with Gasteiger partial charge in [0, 0.05) is 16.1 Å². The molecule has 0 atom stereocenters. The third-order valence-corrected chi connectivity index (χ3v) is 3.08. The fourth-order valence-electron chi connectivity index (χ4n) is 1.41. The molecule has 0 saturated carbocycles. The summed E-state index contributed by atoms with van der Waals surface area (Å²) in [6.07, 6.45) is 0. The van der Waals surface area contributed by atoms with Crippen LogP contribution in [0.2, 0.25) is 5.02 Å². The first kappa shape index (κ1) is 13.4. The number of urea groups is 1. The van der Waals surface area contributed by atoms with Crippen molar-refractivity contribution in [3.8, 4) is 0 Å². The van der Waals surface area contributed by atoms with E-state index in [-0.39, 0.29) is 10.6 Å². The van der Waals surface area contributed by atoms with E-state index in [1.807, 2.05) is 5.38 Å². The van der Waals surface area contributed by atoms with Crippen LogP contribution < -0.4 is 10.6 Å². The number of carbonyl (C=O) groups excluding carboxylic acids is 1. The van der Waals surface area contributed by atoms with Crippen LogP contribution >= 0.6 is 22.9 Å². The second kappa shape index (κ2) is 5.73. The number of anilines is 2. The third-order valence-electron chi connectivity index (χ3n) is 2.18. The summed E-state index contributed by atoms with van der Waals surface area (Å²) < 4.78 is 0. The molecule has 0 bridgehead atoms. The Bertz CT molecular complexity index is 613. The van der Waals surface area contributed by atoms with Crippen LogP contribution in [0.1, 0.15) is 10.4 Å². The molecule has 2 rings (SSSR count). The number of carbonyl (C=O) groups is 2. The van der Waals surface area contributed by atoms with Crippen LogP contribution in [-0.2, 0) is 0 Å². The van der Waals surface area contributed by atoms with E-state index >= 15 is 0 Å². The Morgan fingerprint density at radius 2 is 1.89 bits per heavy atom. The van der Waals surface area contributed by atoms with E-state index in [1.165, 1.54) is 29.5 Å². The van der Waals surface area contributed by atoms with E-state index in [9.17, 15) is 9.59 Å². The molecule has 0 spiro atoms. The molecule has 0 aliphatic rings. The SMILES string of the molecule is O=C(Nc1ccsc1)Nc1cc(Cl)cc(C(=O)O)c1. The lowest BCUT2D eigenvalue weighted by molar-refractivity contribution is 0.0697. The van der Waals surface area contributed by atoms with Crippen LogP contribution in [0.25, 0.3) is 0 Å². The summed E-state index contributed by atoms with van der Waals surface area (Å²) >= 11 is 7.24. The number of amides is 2. The van der Waals surface area contributed by atoms with Gasteiger partial charge in [0.1, 0.15) is 0 Å². The molecule has 0 unspecified atom stereocenters. The molecule has 1 aromatic carbocycles. The summed E-state index contributed by atoms with van der Waals surface area (Å²) in [5, 5.41) is 17.9.